The molecule has 3 aromatic rings. The molecule has 4 rings (SSSR count). The number of hydrogen-bond donors (Lipinski definition) is 3. The first kappa shape index (κ1) is 16.2. The van der Waals surface area contributed by atoms with Crippen molar-refractivity contribution in [3.8, 4) is 28.5 Å². The van der Waals surface area contributed by atoms with E-state index >= 15 is 0 Å². The van der Waals surface area contributed by atoms with Crippen molar-refractivity contribution in [2.24, 2.45) is 0 Å². The van der Waals surface area contributed by atoms with Crippen LogP contribution in [-0.4, -0.2) is 25.8 Å². The Bertz CT molecular complexity index is 1180. The Labute approximate surface area is 148 Å². The molecule has 0 saturated carbocycles. The number of hydrogen-bond acceptors (Lipinski definition) is 5. The summed E-state index contributed by atoms with van der Waals surface area (Å²) in [6, 6.07) is 7.55. The highest BCUT2D eigenvalue weighted by molar-refractivity contribution is 6.14. The molecule has 132 valence electrons. The summed E-state index contributed by atoms with van der Waals surface area (Å²) in [4.78, 5) is 25.6. The Morgan fingerprint density at radius 2 is 1.62 bits per heavy atom. The average Bonchev–Trinajstić information content (AvgIpc) is 2.84. The molecule has 0 fully saturated rings. The van der Waals surface area contributed by atoms with Crippen LogP contribution in [0.3, 0.4) is 0 Å². The van der Waals surface area contributed by atoms with Crippen LogP contribution in [-0.2, 0) is 5.41 Å². The molecule has 3 N–H and O–H groups in total. The predicted molar refractivity (Wildman–Crippen MR) is 97.1 cm³/mol. The van der Waals surface area contributed by atoms with Crippen LogP contribution in [0.4, 0.5) is 0 Å². The first-order chi connectivity index (χ1) is 12.1. The number of carbonyl (C=O) groups excluding carboxylic acids is 1. The first-order valence-electron chi connectivity index (χ1n) is 8.14. The molecular weight excluding hydrogens is 334 g/mol. The molecule has 6 nitrogen and oxygen atoms in total. The number of benzene rings is 2. The van der Waals surface area contributed by atoms with Crippen molar-refractivity contribution in [2.75, 3.05) is 0 Å². The molecule has 0 unspecified atom stereocenters. The van der Waals surface area contributed by atoms with E-state index in [0.29, 0.717) is 11.1 Å². The number of phenolic OH excluding ortho intramolecular Hbond substituents is 2. The van der Waals surface area contributed by atoms with E-state index < -0.39 is 22.8 Å². The van der Waals surface area contributed by atoms with Crippen LogP contribution < -0.4 is 5.43 Å². The Kier molecular flexibility index (Phi) is 3.04. The molecule has 1 aromatic heterocycles. The van der Waals surface area contributed by atoms with Crippen molar-refractivity contribution < 1.29 is 20.1 Å². The van der Waals surface area contributed by atoms with Gasteiger partial charge in [-0.05, 0) is 17.0 Å². The molecule has 0 bridgehead atoms. The highest BCUT2D eigenvalue weighted by Gasteiger charge is 2.33. The average molecular weight is 351 g/mol. The lowest BCUT2D eigenvalue weighted by Crippen LogP contribution is -2.15. The summed E-state index contributed by atoms with van der Waals surface area (Å²) < 4.78 is 1.17. The Balaban J connectivity index is 2.15. The number of fused-ring (bicyclic) bond motifs is 5. The van der Waals surface area contributed by atoms with E-state index in [1.807, 2.05) is 26.8 Å². The quantitative estimate of drug-likeness (QED) is 0.452. The van der Waals surface area contributed by atoms with E-state index in [4.69, 9.17) is 0 Å². The monoisotopic (exact) mass is 351 g/mol. The fraction of sp³-hybridized carbons (Fsp3) is 0.200. The predicted octanol–water partition coefficient (Wildman–Crippen LogP) is 3.08. The standard InChI is InChI=1S/C20H17NO5/c1-20(2,3)9-4-5-11-12(6-9)19(26)21-13-7-10(22)8-14(23)15(13)17(24)18(25)16(11)21/h4-8,22-23,25H,1-3H3. The molecule has 26 heavy (non-hydrogen) atoms. The third-order valence-electron chi connectivity index (χ3n) is 4.79. The van der Waals surface area contributed by atoms with E-state index in [9.17, 15) is 24.9 Å². The van der Waals surface area contributed by atoms with Crippen molar-refractivity contribution in [3.63, 3.8) is 0 Å². The molecular formula is C20H17NO5. The first-order valence-corrected chi connectivity index (χ1v) is 8.14. The van der Waals surface area contributed by atoms with Crippen LogP contribution in [0, 0.1) is 0 Å². The summed E-state index contributed by atoms with van der Waals surface area (Å²) in [5, 5.41) is 30.1. The van der Waals surface area contributed by atoms with E-state index in [1.54, 1.807) is 12.1 Å². The molecule has 0 atom stereocenters. The van der Waals surface area contributed by atoms with Gasteiger partial charge in [-0.2, -0.15) is 0 Å². The Morgan fingerprint density at radius 3 is 2.27 bits per heavy atom. The summed E-state index contributed by atoms with van der Waals surface area (Å²) in [6.07, 6.45) is 0. The van der Waals surface area contributed by atoms with Crippen LogP contribution in [0.1, 0.15) is 36.7 Å². The number of pyridine rings is 1. The number of nitrogens with zero attached hydrogens (tertiary/aromatic N) is 1. The zero-order valence-electron chi connectivity index (χ0n) is 14.5. The molecule has 0 saturated heterocycles. The maximum absolute atomic E-state index is 13.1. The van der Waals surface area contributed by atoms with E-state index in [-0.39, 0.29) is 27.8 Å². The zero-order valence-corrected chi connectivity index (χ0v) is 14.5. The molecule has 0 spiro atoms. The maximum atomic E-state index is 13.1. The lowest BCUT2D eigenvalue weighted by molar-refractivity contribution is 0.0972. The third-order valence-corrected chi connectivity index (χ3v) is 4.79. The van der Waals surface area contributed by atoms with Gasteiger partial charge in [0, 0.05) is 17.7 Å². The molecule has 0 amide bonds. The molecule has 6 heteroatoms. The number of phenols is 2. The summed E-state index contributed by atoms with van der Waals surface area (Å²) in [7, 11) is 0. The summed E-state index contributed by atoms with van der Waals surface area (Å²) >= 11 is 0. The molecule has 2 heterocycles. The fourth-order valence-electron chi connectivity index (χ4n) is 3.43. The van der Waals surface area contributed by atoms with E-state index in [0.717, 1.165) is 11.6 Å². The van der Waals surface area contributed by atoms with Crippen LogP contribution >= 0.6 is 0 Å². The van der Waals surface area contributed by atoms with E-state index in [1.165, 1.54) is 10.6 Å². The number of rotatable bonds is 0. The van der Waals surface area contributed by atoms with Gasteiger partial charge in [0.15, 0.2) is 5.75 Å². The van der Waals surface area contributed by atoms with Gasteiger partial charge in [-0.25, -0.2) is 0 Å². The second-order valence-electron chi connectivity index (χ2n) is 7.54. The summed E-state index contributed by atoms with van der Waals surface area (Å²) in [5.74, 6) is -1.80. The van der Waals surface area contributed by atoms with Crippen LogP contribution in [0.25, 0.3) is 22.2 Å². The Hall–Kier alpha value is -3.28. The minimum absolute atomic E-state index is 0.0545. The number of carbonyl (C=O) groups is 1. The van der Waals surface area contributed by atoms with Crippen LogP contribution in [0.15, 0.2) is 35.1 Å². The minimum atomic E-state index is -0.788. The number of aromatic nitrogens is 1. The van der Waals surface area contributed by atoms with Gasteiger partial charge < -0.3 is 15.3 Å². The van der Waals surface area contributed by atoms with Crippen molar-refractivity contribution in [3.05, 3.63) is 51.7 Å². The van der Waals surface area contributed by atoms with Gasteiger partial charge in [-0.3, -0.25) is 14.2 Å². The summed E-state index contributed by atoms with van der Waals surface area (Å²) in [6.45, 7) is 6.06. The van der Waals surface area contributed by atoms with Crippen molar-refractivity contribution in [2.45, 2.75) is 26.2 Å². The maximum Gasteiger partial charge on any atom is 0.263 e. The third kappa shape index (κ3) is 1.98. The minimum Gasteiger partial charge on any atom is -0.508 e. The van der Waals surface area contributed by atoms with Crippen LogP contribution in [0.5, 0.6) is 17.2 Å². The fourth-order valence-corrected chi connectivity index (χ4v) is 3.43. The lowest BCUT2D eigenvalue weighted by atomic mass is 9.85. The molecule has 0 radical (unpaired) electrons. The van der Waals surface area contributed by atoms with E-state index in [2.05, 4.69) is 0 Å². The van der Waals surface area contributed by atoms with Crippen molar-refractivity contribution >= 4 is 16.8 Å². The SMILES string of the molecule is CC(C)(C)c1ccc2c(c1)C(=O)n1c-2c(O)c(=O)c2c(O)cc(O)cc21. The highest BCUT2D eigenvalue weighted by Crippen LogP contribution is 2.42. The highest BCUT2D eigenvalue weighted by atomic mass is 16.3. The van der Waals surface area contributed by atoms with Gasteiger partial charge in [-0.1, -0.05) is 32.9 Å². The van der Waals surface area contributed by atoms with Crippen molar-refractivity contribution in [1.82, 2.24) is 4.57 Å². The van der Waals surface area contributed by atoms with Gasteiger partial charge >= 0.3 is 0 Å². The molecule has 2 aromatic carbocycles. The molecule has 1 aliphatic rings. The molecule has 1 aliphatic heterocycles. The lowest BCUT2D eigenvalue weighted by Gasteiger charge is -2.19. The molecule has 0 aliphatic carbocycles. The van der Waals surface area contributed by atoms with Crippen LogP contribution in [0.2, 0.25) is 0 Å². The van der Waals surface area contributed by atoms with Gasteiger partial charge in [0.1, 0.15) is 17.2 Å². The second kappa shape index (κ2) is 4.88. The van der Waals surface area contributed by atoms with Gasteiger partial charge in [0.05, 0.1) is 16.5 Å². The zero-order chi connectivity index (χ0) is 19.0. The number of aromatic hydroxyl groups is 3. The second-order valence-corrected chi connectivity index (χ2v) is 7.54. The van der Waals surface area contributed by atoms with Crippen molar-refractivity contribution in [1.29, 1.82) is 0 Å². The topological polar surface area (TPSA) is 99.8 Å². The normalized spacial score (nSPS) is 13.1. The smallest absolute Gasteiger partial charge is 0.263 e. The summed E-state index contributed by atoms with van der Waals surface area (Å²) in [5.41, 5.74) is 0.912. The van der Waals surface area contributed by atoms with Gasteiger partial charge in [-0.15, -0.1) is 0 Å². The Morgan fingerprint density at radius 1 is 0.923 bits per heavy atom. The van der Waals surface area contributed by atoms with Gasteiger partial charge in [0.2, 0.25) is 5.43 Å². The van der Waals surface area contributed by atoms with Gasteiger partial charge in [0.25, 0.3) is 5.91 Å². The largest absolute Gasteiger partial charge is 0.508 e.